The molecular weight excluding hydrogens is 376 g/mol. The molecule has 0 spiro atoms. The van der Waals surface area contributed by atoms with Crippen LogP contribution in [0.5, 0.6) is 5.75 Å². The zero-order chi connectivity index (χ0) is 20.9. The van der Waals surface area contributed by atoms with Crippen molar-refractivity contribution in [3.05, 3.63) is 89.0 Å². The number of nitrogens with one attached hydrogen (secondary N) is 2. The van der Waals surface area contributed by atoms with Crippen LogP contribution in [-0.4, -0.2) is 16.1 Å². The number of benzene rings is 3. The third-order valence-corrected chi connectivity index (χ3v) is 4.92. The molecule has 6 nitrogen and oxygen atoms in total. The predicted molar refractivity (Wildman–Crippen MR) is 115 cm³/mol. The molecule has 3 aromatic carbocycles. The Morgan fingerprint density at radius 2 is 1.93 bits per heavy atom. The van der Waals surface area contributed by atoms with Gasteiger partial charge in [-0.1, -0.05) is 37.3 Å². The second kappa shape index (κ2) is 8.50. The molecule has 148 valence electrons. The average Bonchev–Trinajstić information content (AvgIpc) is 3.19. The van der Waals surface area contributed by atoms with Crippen molar-refractivity contribution < 1.29 is 9.53 Å². The summed E-state index contributed by atoms with van der Waals surface area (Å²) < 4.78 is 5.88. The lowest BCUT2D eigenvalue weighted by Gasteiger charge is -2.08. The lowest BCUT2D eigenvalue weighted by molar-refractivity contribution is 0.102. The van der Waals surface area contributed by atoms with Crippen LogP contribution < -0.4 is 10.1 Å². The molecule has 0 saturated heterocycles. The van der Waals surface area contributed by atoms with Gasteiger partial charge >= 0.3 is 0 Å². The van der Waals surface area contributed by atoms with E-state index in [-0.39, 0.29) is 12.5 Å². The fraction of sp³-hybridized carbons (Fsp3) is 0.125. The van der Waals surface area contributed by atoms with Gasteiger partial charge in [-0.2, -0.15) is 10.4 Å². The third kappa shape index (κ3) is 4.01. The maximum atomic E-state index is 12.6. The summed E-state index contributed by atoms with van der Waals surface area (Å²) >= 11 is 0. The summed E-state index contributed by atoms with van der Waals surface area (Å²) in [6.07, 6.45) is 0.924. The number of aryl methyl sites for hydroxylation is 1. The first-order valence-corrected chi connectivity index (χ1v) is 9.67. The molecule has 0 aliphatic carbocycles. The van der Waals surface area contributed by atoms with Crippen LogP contribution in [0.15, 0.2) is 66.7 Å². The van der Waals surface area contributed by atoms with E-state index in [2.05, 4.69) is 28.5 Å². The molecule has 0 aliphatic rings. The Bertz CT molecular complexity index is 1240. The van der Waals surface area contributed by atoms with Gasteiger partial charge in [0.1, 0.15) is 12.4 Å². The molecule has 1 amide bonds. The average molecular weight is 396 g/mol. The molecule has 0 radical (unpaired) electrons. The number of H-pyrrole nitrogens is 1. The highest BCUT2D eigenvalue weighted by molar-refractivity contribution is 6.08. The van der Waals surface area contributed by atoms with Gasteiger partial charge in [0.2, 0.25) is 0 Å². The number of aromatic nitrogens is 2. The Balaban J connectivity index is 1.52. The lowest BCUT2D eigenvalue weighted by Crippen LogP contribution is -2.12. The van der Waals surface area contributed by atoms with Crippen LogP contribution >= 0.6 is 0 Å². The van der Waals surface area contributed by atoms with Crippen LogP contribution in [0.3, 0.4) is 0 Å². The SMILES string of the molecule is CCc1ccc(C(=O)Nc2n[nH]c3ccc(OCc4ccccc4C#N)cc23)cc1. The van der Waals surface area contributed by atoms with E-state index < -0.39 is 0 Å². The number of carbonyl (C=O) groups excluding carboxylic acids is 1. The molecule has 1 aromatic heterocycles. The predicted octanol–water partition coefficient (Wildman–Crippen LogP) is 4.83. The Kier molecular flexibility index (Phi) is 5.44. The Morgan fingerprint density at radius 1 is 1.13 bits per heavy atom. The van der Waals surface area contributed by atoms with Crippen LogP contribution in [0.25, 0.3) is 10.9 Å². The van der Waals surface area contributed by atoms with Crippen LogP contribution in [0.1, 0.15) is 34.0 Å². The van der Waals surface area contributed by atoms with Crippen molar-refractivity contribution in [2.75, 3.05) is 5.32 Å². The number of nitrogens with zero attached hydrogens (tertiary/aromatic N) is 2. The first-order chi connectivity index (χ1) is 14.7. The molecule has 4 rings (SSSR count). The van der Waals surface area contributed by atoms with Crippen molar-refractivity contribution in [1.29, 1.82) is 5.26 Å². The van der Waals surface area contributed by atoms with E-state index in [0.717, 1.165) is 22.9 Å². The zero-order valence-electron chi connectivity index (χ0n) is 16.5. The van der Waals surface area contributed by atoms with E-state index in [1.54, 1.807) is 6.07 Å². The van der Waals surface area contributed by atoms with Gasteiger partial charge in [-0.25, -0.2) is 0 Å². The minimum absolute atomic E-state index is 0.222. The molecule has 0 fully saturated rings. The summed E-state index contributed by atoms with van der Waals surface area (Å²) in [4.78, 5) is 12.6. The van der Waals surface area contributed by atoms with Crippen LogP contribution in [0.4, 0.5) is 5.82 Å². The number of aromatic amines is 1. The number of nitriles is 1. The first kappa shape index (κ1) is 19.2. The van der Waals surface area contributed by atoms with Crippen molar-refractivity contribution >= 4 is 22.6 Å². The van der Waals surface area contributed by atoms with Crippen molar-refractivity contribution in [2.24, 2.45) is 0 Å². The molecule has 0 unspecified atom stereocenters. The number of rotatable bonds is 6. The Hall–Kier alpha value is -4.11. The van der Waals surface area contributed by atoms with Gasteiger partial charge in [0.15, 0.2) is 5.82 Å². The summed E-state index contributed by atoms with van der Waals surface area (Å²) in [5.41, 5.74) is 3.94. The minimum atomic E-state index is -0.222. The van der Waals surface area contributed by atoms with E-state index in [1.807, 2.05) is 60.7 Å². The smallest absolute Gasteiger partial charge is 0.256 e. The summed E-state index contributed by atoms with van der Waals surface area (Å²) in [6, 6.07) is 22.5. The van der Waals surface area contributed by atoms with E-state index in [9.17, 15) is 10.1 Å². The van der Waals surface area contributed by atoms with Gasteiger partial charge in [0.05, 0.1) is 17.1 Å². The Labute approximate surface area is 174 Å². The maximum Gasteiger partial charge on any atom is 0.256 e. The molecule has 0 saturated carbocycles. The highest BCUT2D eigenvalue weighted by Gasteiger charge is 2.12. The second-order valence-corrected chi connectivity index (χ2v) is 6.84. The summed E-state index contributed by atoms with van der Waals surface area (Å²) in [7, 11) is 0. The topological polar surface area (TPSA) is 90.8 Å². The Morgan fingerprint density at radius 3 is 2.70 bits per heavy atom. The monoisotopic (exact) mass is 396 g/mol. The van der Waals surface area contributed by atoms with Gasteiger partial charge in [-0.15, -0.1) is 0 Å². The number of fused-ring (bicyclic) bond motifs is 1. The van der Waals surface area contributed by atoms with E-state index in [0.29, 0.717) is 22.7 Å². The van der Waals surface area contributed by atoms with E-state index in [1.165, 1.54) is 5.56 Å². The highest BCUT2D eigenvalue weighted by Crippen LogP contribution is 2.26. The van der Waals surface area contributed by atoms with Crippen molar-refractivity contribution in [3.63, 3.8) is 0 Å². The number of hydrogen-bond acceptors (Lipinski definition) is 4. The quantitative estimate of drug-likeness (QED) is 0.488. The van der Waals surface area contributed by atoms with Gasteiger partial charge in [0, 0.05) is 16.5 Å². The molecule has 4 aromatic rings. The van der Waals surface area contributed by atoms with Gasteiger partial charge < -0.3 is 10.1 Å². The van der Waals surface area contributed by atoms with E-state index in [4.69, 9.17) is 4.74 Å². The fourth-order valence-corrected chi connectivity index (χ4v) is 3.17. The second-order valence-electron chi connectivity index (χ2n) is 6.84. The molecule has 0 atom stereocenters. The third-order valence-electron chi connectivity index (χ3n) is 4.92. The lowest BCUT2D eigenvalue weighted by atomic mass is 10.1. The largest absolute Gasteiger partial charge is 0.489 e. The van der Waals surface area contributed by atoms with Crippen LogP contribution in [0.2, 0.25) is 0 Å². The summed E-state index contributed by atoms with van der Waals surface area (Å²) in [5, 5.41) is 20.0. The molecule has 1 heterocycles. The van der Waals surface area contributed by atoms with Crippen molar-refractivity contribution in [2.45, 2.75) is 20.0 Å². The standard InChI is InChI=1S/C24H20N4O2/c1-2-16-7-9-17(10-8-16)24(29)26-23-21-13-20(11-12-22(21)27-28-23)30-15-19-6-4-3-5-18(19)14-25/h3-13H,2,15H2,1H3,(H2,26,27,28,29). The number of carbonyl (C=O) groups is 1. The number of amides is 1. The van der Waals surface area contributed by atoms with E-state index >= 15 is 0 Å². The number of hydrogen-bond donors (Lipinski definition) is 2. The molecule has 0 aliphatic heterocycles. The number of anilines is 1. The summed E-state index contributed by atoms with van der Waals surface area (Å²) in [6.45, 7) is 2.35. The van der Waals surface area contributed by atoms with Gasteiger partial charge in [-0.3, -0.25) is 9.89 Å². The summed E-state index contributed by atoms with van der Waals surface area (Å²) in [5.74, 6) is 0.845. The number of ether oxygens (including phenoxy) is 1. The highest BCUT2D eigenvalue weighted by atomic mass is 16.5. The van der Waals surface area contributed by atoms with Gasteiger partial charge in [0.25, 0.3) is 5.91 Å². The molecular formula is C24H20N4O2. The molecule has 2 N–H and O–H groups in total. The molecule has 6 heteroatoms. The zero-order valence-corrected chi connectivity index (χ0v) is 16.5. The minimum Gasteiger partial charge on any atom is -0.489 e. The van der Waals surface area contributed by atoms with Crippen LogP contribution in [-0.2, 0) is 13.0 Å². The van der Waals surface area contributed by atoms with Crippen LogP contribution in [0, 0.1) is 11.3 Å². The van der Waals surface area contributed by atoms with Crippen molar-refractivity contribution in [3.8, 4) is 11.8 Å². The molecule has 0 bridgehead atoms. The van der Waals surface area contributed by atoms with Crippen molar-refractivity contribution in [1.82, 2.24) is 10.2 Å². The fourth-order valence-electron chi connectivity index (χ4n) is 3.17. The van der Waals surface area contributed by atoms with Gasteiger partial charge in [-0.05, 0) is 48.4 Å². The first-order valence-electron chi connectivity index (χ1n) is 9.67. The normalized spacial score (nSPS) is 10.5. The maximum absolute atomic E-state index is 12.6. The molecule has 30 heavy (non-hydrogen) atoms.